The molecule has 2 aliphatic rings. The van der Waals surface area contributed by atoms with Crippen molar-refractivity contribution in [2.75, 3.05) is 0 Å². The third kappa shape index (κ3) is 6.03. The van der Waals surface area contributed by atoms with Crippen molar-refractivity contribution in [1.29, 1.82) is 0 Å². The van der Waals surface area contributed by atoms with E-state index in [0.717, 1.165) is 0 Å². The Kier molecular flexibility index (Phi) is 8.17. The van der Waals surface area contributed by atoms with Crippen molar-refractivity contribution in [1.82, 2.24) is 0 Å². The van der Waals surface area contributed by atoms with E-state index in [1.54, 1.807) is 0 Å². The molecule has 0 radical (unpaired) electrons. The average molecular weight is 310 g/mol. The molecular weight excluding hydrogens is 288 g/mol. The van der Waals surface area contributed by atoms with E-state index in [-0.39, 0.29) is 21.1 Å². The van der Waals surface area contributed by atoms with Gasteiger partial charge in [0.15, 0.2) is 0 Å². The smallest absolute Gasteiger partial charge is 0.225 e. The molecule has 0 bridgehead atoms. The first-order valence-corrected chi connectivity index (χ1v) is 5.98. The van der Waals surface area contributed by atoms with Gasteiger partial charge in [-0.3, -0.25) is 0 Å². The summed E-state index contributed by atoms with van der Waals surface area (Å²) < 4.78 is 0. The van der Waals surface area contributed by atoms with Gasteiger partial charge in [0.2, 0.25) is 0 Å². The largest absolute Gasteiger partial charge is 2.00 e. The van der Waals surface area contributed by atoms with E-state index in [9.17, 15) is 0 Å². The Hall–Kier alpha value is -0.612. The summed E-state index contributed by atoms with van der Waals surface area (Å²) in [7, 11) is 0. The van der Waals surface area contributed by atoms with Gasteiger partial charge in [0.1, 0.15) is 0 Å². The number of rotatable bonds is 0. The Labute approximate surface area is 121 Å². The molecule has 0 amide bonds. The van der Waals surface area contributed by atoms with E-state index < -0.39 is 0 Å². The van der Waals surface area contributed by atoms with E-state index in [1.165, 1.54) is 11.8 Å². The molecule has 0 fully saturated rings. The molecule has 0 nitrogen and oxygen atoms in total. The Morgan fingerprint density at radius 1 is 0.706 bits per heavy atom. The zero-order valence-electron chi connectivity index (χ0n) is 11.2. The van der Waals surface area contributed by atoms with Crippen molar-refractivity contribution >= 4 is 0 Å². The van der Waals surface area contributed by atoms with Crippen LogP contribution in [0, 0.1) is 23.7 Å². The third-order valence-corrected chi connectivity index (χ3v) is 3.18. The molecule has 0 aromatic heterocycles. The first-order chi connectivity index (χ1) is 7.61. The fourth-order valence-electron chi connectivity index (χ4n) is 1.48. The second-order valence-corrected chi connectivity index (χ2v) is 4.55. The molecule has 0 saturated heterocycles. The van der Waals surface area contributed by atoms with Crippen LogP contribution < -0.4 is 0 Å². The summed E-state index contributed by atoms with van der Waals surface area (Å²) in [6, 6.07) is 0. The minimum atomic E-state index is 0. The summed E-state index contributed by atoms with van der Waals surface area (Å²) >= 11 is 0. The maximum Gasteiger partial charge on any atom is 2.00 e. The second-order valence-electron chi connectivity index (χ2n) is 4.55. The Morgan fingerprint density at radius 2 is 1.06 bits per heavy atom. The fourth-order valence-corrected chi connectivity index (χ4v) is 1.48. The predicted molar refractivity (Wildman–Crippen MR) is 72.7 cm³/mol. The first kappa shape index (κ1) is 16.4. The van der Waals surface area contributed by atoms with Crippen molar-refractivity contribution in [3.8, 4) is 0 Å². The molecule has 2 atom stereocenters. The van der Waals surface area contributed by atoms with Gasteiger partial charge in [-0.25, -0.2) is 36.1 Å². The summed E-state index contributed by atoms with van der Waals surface area (Å²) in [4.78, 5) is 0. The molecule has 0 aromatic carbocycles. The zero-order chi connectivity index (χ0) is 12.0. The molecule has 0 saturated carbocycles. The molecule has 2 rings (SSSR count). The summed E-state index contributed by atoms with van der Waals surface area (Å²) in [6.45, 7) is 8.72. The molecule has 2 aliphatic carbocycles. The summed E-state index contributed by atoms with van der Waals surface area (Å²) in [5, 5.41) is 0. The van der Waals surface area contributed by atoms with Crippen LogP contribution in [-0.4, -0.2) is 0 Å². The normalized spacial score (nSPS) is 25.2. The minimum absolute atomic E-state index is 0. The van der Waals surface area contributed by atoms with Crippen LogP contribution in [0.5, 0.6) is 0 Å². The van der Waals surface area contributed by atoms with Crippen LogP contribution in [0.3, 0.4) is 0 Å². The average Bonchev–Trinajstić information content (AvgIpc) is 2.28. The second kappa shape index (κ2) is 8.47. The first-order valence-electron chi connectivity index (χ1n) is 5.98. The van der Waals surface area contributed by atoms with Crippen LogP contribution in [0.2, 0.25) is 0 Å². The van der Waals surface area contributed by atoms with Gasteiger partial charge in [0.25, 0.3) is 0 Å². The molecule has 2 unspecified atom stereocenters. The van der Waals surface area contributed by atoms with E-state index in [2.05, 4.69) is 76.3 Å². The number of allylic oxidation sites excluding steroid dienone is 8. The van der Waals surface area contributed by atoms with E-state index in [0.29, 0.717) is 11.8 Å². The zero-order valence-corrected chi connectivity index (χ0v) is 13.2. The Morgan fingerprint density at radius 3 is 1.24 bits per heavy atom. The topological polar surface area (TPSA) is 0 Å². The van der Waals surface area contributed by atoms with Crippen LogP contribution in [-0.2, 0) is 21.1 Å². The Balaban J connectivity index is 0.000000284. The molecule has 0 spiro atoms. The Bertz CT molecular complexity index is 245. The summed E-state index contributed by atoms with van der Waals surface area (Å²) in [6.07, 6.45) is 17.1. The molecule has 0 aromatic rings. The molecule has 92 valence electrons. The molecule has 0 N–H and O–H groups in total. The van der Waals surface area contributed by atoms with Crippen LogP contribution in [0.1, 0.15) is 27.7 Å². The van der Waals surface area contributed by atoms with Crippen LogP contribution in [0.25, 0.3) is 0 Å². The maximum absolute atomic E-state index is 2.20. The standard InChI is InChI=1S/2C8H11.Mo/c2*1-7-5-3-4-6-8(7)2;/h2*3-7H,1-2H3;/q2*-1;+2. The van der Waals surface area contributed by atoms with Crippen molar-refractivity contribution in [3.63, 3.8) is 0 Å². The van der Waals surface area contributed by atoms with Gasteiger partial charge >= 0.3 is 21.1 Å². The van der Waals surface area contributed by atoms with Crippen LogP contribution in [0.15, 0.2) is 48.6 Å². The van der Waals surface area contributed by atoms with Gasteiger partial charge in [0.05, 0.1) is 0 Å². The van der Waals surface area contributed by atoms with Gasteiger partial charge < -0.3 is 0 Å². The van der Waals surface area contributed by atoms with Gasteiger partial charge in [-0.1, -0.05) is 25.7 Å². The molecule has 17 heavy (non-hydrogen) atoms. The van der Waals surface area contributed by atoms with E-state index >= 15 is 0 Å². The third-order valence-electron chi connectivity index (χ3n) is 3.18. The minimum Gasteiger partial charge on any atom is -0.225 e. The molecule has 0 heterocycles. The van der Waals surface area contributed by atoms with Gasteiger partial charge in [-0.15, -0.1) is 38.2 Å². The quantitative estimate of drug-likeness (QED) is 0.450. The van der Waals surface area contributed by atoms with Crippen LogP contribution in [0.4, 0.5) is 0 Å². The molecular formula is C16H22Mo. The maximum atomic E-state index is 2.20. The van der Waals surface area contributed by atoms with Gasteiger partial charge in [0, 0.05) is 0 Å². The van der Waals surface area contributed by atoms with Gasteiger partial charge in [-0.2, -0.15) is 0 Å². The molecule has 1 heteroatoms. The molecule has 0 aliphatic heterocycles. The van der Waals surface area contributed by atoms with Crippen molar-refractivity contribution in [2.24, 2.45) is 11.8 Å². The van der Waals surface area contributed by atoms with Crippen LogP contribution >= 0.6 is 0 Å². The van der Waals surface area contributed by atoms with Gasteiger partial charge in [-0.05, 0) is 0 Å². The number of hydrogen-bond acceptors (Lipinski definition) is 0. The van der Waals surface area contributed by atoms with E-state index in [1.807, 2.05) is 0 Å². The fraction of sp³-hybridized carbons (Fsp3) is 0.375. The van der Waals surface area contributed by atoms with Crippen molar-refractivity contribution < 1.29 is 21.1 Å². The van der Waals surface area contributed by atoms with Crippen molar-refractivity contribution in [3.05, 3.63) is 60.4 Å². The summed E-state index contributed by atoms with van der Waals surface area (Å²) in [5.41, 5.74) is 0. The SMILES string of the molecule is C[C-]1C=CC=CC1C.C[C-]1C=CC=CC1C.[Mo+2]. The van der Waals surface area contributed by atoms with E-state index in [4.69, 9.17) is 0 Å². The van der Waals surface area contributed by atoms with Crippen molar-refractivity contribution in [2.45, 2.75) is 27.7 Å². The predicted octanol–water partition coefficient (Wildman–Crippen LogP) is 4.68. The summed E-state index contributed by atoms with van der Waals surface area (Å²) in [5.74, 6) is 4.21. The number of hydrogen-bond donors (Lipinski definition) is 0. The monoisotopic (exact) mass is 312 g/mol.